The predicted molar refractivity (Wildman–Crippen MR) is 77.8 cm³/mol. The van der Waals surface area contributed by atoms with E-state index in [9.17, 15) is 9.18 Å². The molecule has 0 spiro atoms. The molecule has 20 heavy (non-hydrogen) atoms. The van der Waals surface area contributed by atoms with Crippen LogP contribution in [0.4, 0.5) is 4.39 Å². The van der Waals surface area contributed by atoms with Crippen molar-refractivity contribution >= 4 is 10.9 Å². The molecule has 1 aromatic carbocycles. The van der Waals surface area contributed by atoms with Crippen molar-refractivity contribution in [3.8, 4) is 0 Å². The third-order valence-corrected chi connectivity index (χ3v) is 4.54. The summed E-state index contributed by atoms with van der Waals surface area (Å²) in [6.45, 7) is 2.07. The molecule has 3 heteroatoms. The Kier molecular flexibility index (Phi) is 2.53. The molecule has 4 rings (SSSR count). The Morgan fingerprint density at radius 1 is 1.20 bits per heavy atom. The summed E-state index contributed by atoms with van der Waals surface area (Å²) in [7, 11) is 0. The Labute approximate surface area is 117 Å². The van der Waals surface area contributed by atoms with Gasteiger partial charge in [0, 0.05) is 23.2 Å². The minimum Gasteiger partial charge on any atom is -0.341 e. The fourth-order valence-corrected chi connectivity index (χ4v) is 3.17. The van der Waals surface area contributed by atoms with E-state index in [2.05, 4.69) is 11.5 Å². The molecule has 2 nitrogen and oxygen atoms in total. The van der Waals surface area contributed by atoms with E-state index in [-0.39, 0.29) is 11.2 Å². The lowest BCUT2D eigenvalue weighted by molar-refractivity contribution is 0.611. The lowest BCUT2D eigenvalue weighted by atomic mass is 10.0. The maximum atomic E-state index is 14.2. The standard InChI is InChI=1S/C17H18FNO/c1-2-11-7-17(20)14-8-15(18)13(10-3-4-10)9-16(14)19(11)12-5-6-12/h7-10,12H,2-6H2,1H3. The fourth-order valence-electron chi connectivity index (χ4n) is 3.17. The molecule has 2 aromatic rings. The number of halogens is 1. The summed E-state index contributed by atoms with van der Waals surface area (Å²) in [5, 5.41) is 0.538. The molecular formula is C17H18FNO. The van der Waals surface area contributed by atoms with Gasteiger partial charge in [-0.2, -0.15) is 0 Å². The van der Waals surface area contributed by atoms with Gasteiger partial charge in [-0.15, -0.1) is 0 Å². The van der Waals surface area contributed by atoms with Crippen molar-refractivity contribution < 1.29 is 4.39 Å². The van der Waals surface area contributed by atoms with Gasteiger partial charge in [-0.05, 0) is 55.7 Å². The fraction of sp³-hybridized carbons (Fsp3) is 0.471. The number of fused-ring (bicyclic) bond motifs is 1. The number of nitrogens with zero attached hydrogens (tertiary/aromatic N) is 1. The molecule has 0 unspecified atom stereocenters. The first-order chi connectivity index (χ1) is 9.69. The SMILES string of the molecule is CCc1cc(=O)c2cc(F)c(C3CC3)cc2n1C1CC1. The molecular weight excluding hydrogens is 253 g/mol. The number of hydrogen-bond donors (Lipinski definition) is 0. The maximum absolute atomic E-state index is 14.2. The van der Waals surface area contributed by atoms with E-state index in [0.717, 1.165) is 36.0 Å². The van der Waals surface area contributed by atoms with E-state index >= 15 is 0 Å². The minimum atomic E-state index is -0.205. The molecule has 2 fully saturated rings. The van der Waals surface area contributed by atoms with Crippen LogP contribution in [0, 0.1) is 5.82 Å². The van der Waals surface area contributed by atoms with Gasteiger partial charge in [0.2, 0.25) is 0 Å². The molecule has 0 atom stereocenters. The third-order valence-electron chi connectivity index (χ3n) is 4.54. The summed E-state index contributed by atoms with van der Waals surface area (Å²) < 4.78 is 16.5. The predicted octanol–water partition coefficient (Wildman–Crippen LogP) is 3.92. The van der Waals surface area contributed by atoms with Crippen molar-refractivity contribution in [2.24, 2.45) is 0 Å². The third kappa shape index (κ3) is 1.80. The van der Waals surface area contributed by atoms with Crippen LogP contribution in [0.5, 0.6) is 0 Å². The average molecular weight is 271 g/mol. The number of rotatable bonds is 3. The molecule has 1 aromatic heterocycles. The van der Waals surface area contributed by atoms with Crippen molar-refractivity contribution in [3.05, 3.63) is 45.5 Å². The van der Waals surface area contributed by atoms with Crippen molar-refractivity contribution in [2.75, 3.05) is 0 Å². The van der Waals surface area contributed by atoms with Gasteiger partial charge in [-0.1, -0.05) is 6.92 Å². The normalized spacial score (nSPS) is 18.7. The van der Waals surface area contributed by atoms with Crippen LogP contribution < -0.4 is 5.43 Å². The van der Waals surface area contributed by atoms with Crippen LogP contribution in [0.2, 0.25) is 0 Å². The largest absolute Gasteiger partial charge is 0.341 e. The first-order valence-electron chi connectivity index (χ1n) is 7.56. The topological polar surface area (TPSA) is 22.0 Å². The van der Waals surface area contributed by atoms with Gasteiger partial charge in [0.15, 0.2) is 5.43 Å². The van der Waals surface area contributed by atoms with Crippen LogP contribution in [-0.2, 0) is 6.42 Å². The monoisotopic (exact) mass is 271 g/mol. The van der Waals surface area contributed by atoms with Crippen LogP contribution in [0.3, 0.4) is 0 Å². The van der Waals surface area contributed by atoms with Gasteiger partial charge in [0.1, 0.15) is 5.82 Å². The number of benzene rings is 1. The van der Waals surface area contributed by atoms with Crippen LogP contribution in [-0.4, -0.2) is 4.57 Å². The van der Waals surface area contributed by atoms with E-state index in [1.807, 2.05) is 6.07 Å². The highest BCUT2D eigenvalue weighted by Crippen LogP contribution is 2.43. The van der Waals surface area contributed by atoms with Crippen LogP contribution in [0.1, 0.15) is 55.8 Å². The zero-order valence-corrected chi connectivity index (χ0v) is 11.7. The van der Waals surface area contributed by atoms with Crippen molar-refractivity contribution in [1.82, 2.24) is 4.57 Å². The zero-order chi connectivity index (χ0) is 13.9. The molecule has 0 aliphatic heterocycles. The van der Waals surface area contributed by atoms with Crippen molar-refractivity contribution in [3.63, 3.8) is 0 Å². The van der Waals surface area contributed by atoms with Crippen LogP contribution in [0.15, 0.2) is 23.0 Å². The summed E-state index contributed by atoms with van der Waals surface area (Å²) in [6.07, 6.45) is 5.33. The van der Waals surface area contributed by atoms with Crippen LogP contribution >= 0.6 is 0 Å². The molecule has 2 aliphatic carbocycles. The van der Waals surface area contributed by atoms with Crippen LogP contribution in [0.25, 0.3) is 10.9 Å². The highest BCUT2D eigenvalue weighted by molar-refractivity contribution is 5.81. The Morgan fingerprint density at radius 2 is 1.95 bits per heavy atom. The van der Waals surface area contributed by atoms with E-state index in [0.29, 0.717) is 17.3 Å². The number of pyridine rings is 1. The Hall–Kier alpha value is -1.64. The second-order valence-corrected chi connectivity index (χ2v) is 6.12. The summed E-state index contributed by atoms with van der Waals surface area (Å²) >= 11 is 0. The highest BCUT2D eigenvalue weighted by Gasteiger charge is 2.30. The lowest BCUT2D eigenvalue weighted by Crippen LogP contribution is -2.14. The molecule has 2 saturated carbocycles. The van der Waals surface area contributed by atoms with Crippen molar-refractivity contribution in [2.45, 2.75) is 51.0 Å². The average Bonchev–Trinajstić information content (AvgIpc) is 3.30. The number of aromatic nitrogens is 1. The second-order valence-electron chi connectivity index (χ2n) is 6.12. The minimum absolute atomic E-state index is 0.0463. The molecule has 0 N–H and O–H groups in total. The second kappa shape index (κ2) is 4.18. The quantitative estimate of drug-likeness (QED) is 0.829. The van der Waals surface area contributed by atoms with Gasteiger partial charge in [0.05, 0.1) is 5.52 Å². The highest BCUT2D eigenvalue weighted by atomic mass is 19.1. The smallest absolute Gasteiger partial charge is 0.189 e. The molecule has 1 heterocycles. The number of aryl methyl sites for hydroxylation is 1. The summed E-state index contributed by atoms with van der Waals surface area (Å²) in [4.78, 5) is 12.2. The summed E-state index contributed by atoms with van der Waals surface area (Å²) in [5.41, 5.74) is 2.79. The van der Waals surface area contributed by atoms with Gasteiger partial charge in [0.25, 0.3) is 0 Å². The summed E-state index contributed by atoms with van der Waals surface area (Å²) in [5.74, 6) is 0.163. The van der Waals surface area contributed by atoms with E-state index in [1.54, 1.807) is 6.07 Å². The first-order valence-corrected chi connectivity index (χ1v) is 7.56. The molecule has 0 radical (unpaired) electrons. The van der Waals surface area contributed by atoms with Gasteiger partial charge < -0.3 is 4.57 Å². The molecule has 0 amide bonds. The Bertz CT molecular complexity index is 754. The van der Waals surface area contributed by atoms with E-state index in [4.69, 9.17) is 0 Å². The first kappa shape index (κ1) is 12.1. The molecule has 0 saturated heterocycles. The molecule has 2 aliphatic rings. The molecule has 104 valence electrons. The van der Waals surface area contributed by atoms with Gasteiger partial charge in [-0.3, -0.25) is 4.79 Å². The van der Waals surface area contributed by atoms with Gasteiger partial charge in [-0.25, -0.2) is 4.39 Å². The molecule has 0 bridgehead atoms. The van der Waals surface area contributed by atoms with Gasteiger partial charge >= 0.3 is 0 Å². The number of hydrogen-bond acceptors (Lipinski definition) is 1. The van der Waals surface area contributed by atoms with E-state index < -0.39 is 0 Å². The van der Waals surface area contributed by atoms with E-state index in [1.165, 1.54) is 18.9 Å². The Morgan fingerprint density at radius 3 is 2.55 bits per heavy atom. The summed E-state index contributed by atoms with van der Waals surface area (Å²) in [6, 6.07) is 5.60. The zero-order valence-electron chi connectivity index (χ0n) is 11.7. The Balaban J connectivity index is 2.07. The lowest BCUT2D eigenvalue weighted by Gasteiger charge is -2.16. The maximum Gasteiger partial charge on any atom is 0.189 e. The van der Waals surface area contributed by atoms with Crippen molar-refractivity contribution in [1.29, 1.82) is 0 Å².